The number of benzene rings is 1. The van der Waals surface area contributed by atoms with Gasteiger partial charge in [-0.3, -0.25) is 9.59 Å². The molecular formula is C19H29N3O2. The molecule has 1 aromatic carbocycles. The number of nitrogens with zero attached hydrogens (tertiary/aromatic N) is 1. The van der Waals surface area contributed by atoms with Crippen LogP contribution in [0.25, 0.3) is 0 Å². The Hall–Kier alpha value is -1.88. The van der Waals surface area contributed by atoms with Gasteiger partial charge in [-0.1, -0.05) is 19.9 Å². The lowest BCUT2D eigenvalue weighted by Gasteiger charge is -2.32. The van der Waals surface area contributed by atoms with Gasteiger partial charge in [-0.15, -0.1) is 0 Å². The molecule has 1 aliphatic rings. The van der Waals surface area contributed by atoms with Crippen molar-refractivity contribution in [2.45, 2.75) is 52.5 Å². The summed E-state index contributed by atoms with van der Waals surface area (Å²) in [4.78, 5) is 27.1. The summed E-state index contributed by atoms with van der Waals surface area (Å²) in [6, 6.07) is 6.06. The van der Waals surface area contributed by atoms with E-state index in [0.29, 0.717) is 19.5 Å². The van der Waals surface area contributed by atoms with E-state index >= 15 is 0 Å². The number of hydrogen-bond donors (Lipinski definition) is 2. The summed E-state index contributed by atoms with van der Waals surface area (Å²) in [5.74, 6) is -0.925. The van der Waals surface area contributed by atoms with Crippen LogP contribution in [0.15, 0.2) is 18.2 Å². The van der Waals surface area contributed by atoms with Crippen molar-refractivity contribution >= 4 is 17.5 Å². The second kappa shape index (κ2) is 7.34. The predicted octanol–water partition coefficient (Wildman–Crippen LogP) is 2.29. The van der Waals surface area contributed by atoms with Gasteiger partial charge in [0.2, 0.25) is 11.8 Å². The van der Waals surface area contributed by atoms with E-state index in [-0.39, 0.29) is 11.8 Å². The summed E-state index contributed by atoms with van der Waals surface area (Å²) in [5, 5.41) is 3.04. The molecule has 2 rings (SSSR count). The Labute approximate surface area is 144 Å². The molecule has 132 valence electrons. The average Bonchev–Trinajstić information content (AvgIpc) is 2.93. The lowest BCUT2D eigenvalue weighted by molar-refractivity contribution is -0.133. The van der Waals surface area contributed by atoms with Gasteiger partial charge in [0.25, 0.3) is 0 Å². The van der Waals surface area contributed by atoms with Gasteiger partial charge in [-0.25, -0.2) is 0 Å². The normalized spacial score (nSPS) is 18.1. The smallest absolute Gasteiger partial charge is 0.239 e. The molecule has 0 saturated carbocycles. The van der Waals surface area contributed by atoms with Crippen LogP contribution in [0.3, 0.4) is 0 Å². The molecule has 3 N–H and O–H groups in total. The van der Waals surface area contributed by atoms with Gasteiger partial charge in [0.1, 0.15) is 5.92 Å². The Kier molecular flexibility index (Phi) is 5.65. The molecule has 24 heavy (non-hydrogen) atoms. The van der Waals surface area contributed by atoms with E-state index in [4.69, 9.17) is 5.73 Å². The highest BCUT2D eigenvalue weighted by molar-refractivity contribution is 6.09. The molecule has 0 spiro atoms. The van der Waals surface area contributed by atoms with Crippen LogP contribution in [0.2, 0.25) is 0 Å². The fraction of sp³-hybridized carbons (Fsp3) is 0.579. The zero-order valence-electron chi connectivity index (χ0n) is 15.2. The van der Waals surface area contributed by atoms with E-state index in [2.05, 4.69) is 11.4 Å². The highest BCUT2D eigenvalue weighted by atomic mass is 16.2. The first-order chi connectivity index (χ1) is 11.4. The number of nitrogens with two attached hydrogens (primary N) is 1. The molecule has 0 aromatic heterocycles. The molecule has 1 unspecified atom stereocenters. The van der Waals surface area contributed by atoms with Crippen molar-refractivity contribution in [2.75, 3.05) is 18.0 Å². The maximum absolute atomic E-state index is 12.8. The Balaban J connectivity index is 2.15. The van der Waals surface area contributed by atoms with Gasteiger partial charge in [0, 0.05) is 18.8 Å². The first kappa shape index (κ1) is 18.5. The molecule has 0 radical (unpaired) electrons. The van der Waals surface area contributed by atoms with Crippen molar-refractivity contribution in [1.82, 2.24) is 5.32 Å². The van der Waals surface area contributed by atoms with Gasteiger partial charge < -0.3 is 16.0 Å². The Morgan fingerprint density at radius 1 is 1.25 bits per heavy atom. The molecule has 1 atom stereocenters. The van der Waals surface area contributed by atoms with Crippen molar-refractivity contribution < 1.29 is 9.59 Å². The first-order valence-corrected chi connectivity index (χ1v) is 8.77. The third-order valence-corrected chi connectivity index (χ3v) is 5.17. The lowest BCUT2D eigenvalue weighted by Crippen LogP contribution is -2.55. The molecule has 0 aliphatic carbocycles. The van der Waals surface area contributed by atoms with Crippen LogP contribution in [0.1, 0.15) is 44.2 Å². The van der Waals surface area contributed by atoms with Crippen LogP contribution >= 0.6 is 0 Å². The molecule has 1 saturated heterocycles. The summed E-state index contributed by atoms with van der Waals surface area (Å²) in [6.45, 7) is 9.00. The van der Waals surface area contributed by atoms with E-state index in [1.165, 1.54) is 0 Å². The van der Waals surface area contributed by atoms with Crippen LogP contribution < -0.4 is 16.0 Å². The van der Waals surface area contributed by atoms with Crippen molar-refractivity contribution in [3.05, 3.63) is 29.3 Å². The number of aryl methyl sites for hydroxylation is 2. The number of amides is 2. The van der Waals surface area contributed by atoms with Gasteiger partial charge >= 0.3 is 0 Å². The summed E-state index contributed by atoms with van der Waals surface area (Å²) in [6.07, 6.45) is 2.06. The standard InChI is InChI=1S/C19H29N3O2/c1-5-19(6-2,12-20)21-17(23)16-7-8-22(18(16)24)15-10-13(3)9-14(4)11-15/h9-11,16H,5-8,12,20H2,1-4H3,(H,21,23). The topological polar surface area (TPSA) is 75.4 Å². The number of anilines is 1. The third kappa shape index (κ3) is 3.61. The molecular weight excluding hydrogens is 302 g/mol. The Morgan fingerprint density at radius 2 is 1.83 bits per heavy atom. The minimum atomic E-state index is -0.616. The molecule has 0 bridgehead atoms. The highest BCUT2D eigenvalue weighted by Gasteiger charge is 2.40. The Morgan fingerprint density at radius 3 is 2.33 bits per heavy atom. The maximum atomic E-state index is 12.8. The largest absolute Gasteiger partial charge is 0.349 e. The summed E-state index contributed by atoms with van der Waals surface area (Å²) in [5.41, 5.74) is 8.55. The number of nitrogens with one attached hydrogen (secondary N) is 1. The third-order valence-electron chi connectivity index (χ3n) is 5.17. The minimum absolute atomic E-state index is 0.115. The number of hydrogen-bond acceptors (Lipinski definition) is 3. The van der Waals surface area contributed by atoms with Crippen LogP contribution in [0.5, 0.6) is 0 Å². The van der Waals surface area contributed by atoms with Crippen molar-refractivity contribution in [2.24, 2.45) is 11.7 Å². The quantitative estimate of drug-likeness (QED) is 0.785. The number of rotatable bonds is 6. The van der Waals surface area contributed by atoms with E-state index < -0.39 is 11.5 Å². The maximum Gasteiger partial charge on any atom is 0.239 e. The summed E-state index contributed by atoms with van der Waals surface area (Å²) in [7, 11) is 0. The fourth-order valence-electron chi connectivity index (χ4n) is 3.40. The van der Waals surface area contributed by atoms with E-state index in [1.54, 1.807) is 4.90 Å². The van der Waals surface area contributed by atoms with Crippen LogP contribution in [-0.4, -0.2) is 30.4 Å². The van der Waals surface area contributed by atoms with Gasteiger partial charge in [-0.05, 0) is 56.4 Å². The predicted molar refractivity (Wildman–Crippen MR) is 96.9 cm³/mol. The number of carbonyl (C=O) groups is 2. The van der Waals surface area contributed by atoms with Crippen LogP contribution in [-0.2, 0) is 9.59 Å². The second-order valence-corrected chi connectivity index (χ2v) is 6.86. The van der Waals surface area contributed by atoms with Crippen LogP contribution in [0, 0.1) is 19.8 Å². The van der Waals surface area contributed by atoms with Crippen LogP contribution in [0.4, 0.5) is 5.69 Å². The first-order valence-electron chi connectivity index (χ1n) is 8.77. The minimum Gasteiger partial charge on any atom is -0.349 e. The number of carbonyl (C=O) groups excluding carboxylic acids is 2. The Bertz CT molecular complexity index is 595. The summed E-state index contributed by atoms with van der Waals surface area (Å²) < 4.78 is 0. The van der Waals surface area contributed by atoms with E-state index in [1.807, 2.05) is 39.8 Å². The van der Waals surface area contributed by atoms with E-state index in [9.17, 15) is 9.59 Å². The zero-order valence-corrected chi connectivity index (χ0v) is 15.2. The lowest BCUT2D eigenvalue weighted by atomic mass is 9.91. The molecule has 5 heteroatoms. The molecule has 1 heterocycles. The fourth-order valence-corrected chi connectivity index (χ4v) is 3.40. The van der Waals surface area contributed by atoms with E-state index in [0.717, 1.165) is 29.7 Å². The highest BCUT2D eigenvalue weighted by Crippen LogP contribution is 2.28. The molecule has 1 aromatic rings. The molecule has 1 fully saturated rings. The zero-order chi connectivity index (χ0) is 17.9. The molecule has 5 nitrogen and oxygen atoms in total. The van der Waals surface area contributed by atoms with Crippen molar-refractivity contribution in [3.8, 4) is 0 Å². The summed E-state index contributed by atoms with van der Waals surface area (Å²) >= 11 is 0. The van der Waals surface area contributed by atoms with Crippen molar-refractivity contribution in [1.29, 1.82) is 0 Å². The average molecular weight is 331 g/mol. The second-order valence-electron chi connectivity index (χ2n) is 6.86. The van der Waals surface area contributed by atoms with Gasteiger partial charge in [0.05, 0.1) is 5.54 Å². The van der Waals surface area contributed by atoms with Gasteiger partial charge in [0.15, 0.2) is 0 Å². The van der Waals surface area contributed by atoms with Crippen molar-refractivity contribution in [3.63, 3.8) is 0 Å². The van der Waals surface area contributed by atoms with Gasteiger partial charge in [-0.2, -0.15) is 0 Å². The molecule has 2 amide bonds. The SMILES string of the molecule is CCC(CC)(CN)NC(=O)C1CCN(c2cc(C)cc(C)c2)C1=O. The monoisotopic (exact) mass is 331 g/mol. The molecule has 1 aliphatic heterocycles.